The first-order valence-electron chi connectivity index (χ1n) is 20.4. The molecular formula is C41H66Cl5Cr2F4N10Si2-. The number of guanidine groups is 2. The van der Waals surface area contributed by atoms with Crippen LogP contribution < -0.4 is 0 Å². The quantitative estimate of drug-likeness (QED) is 0.0979. The Labute approximate surface area is 411 Å². The van der Waals surface area contributed by atoms with Crippen molar-refractivity contribution in [1.82, 2.24) is 38.9 Å². The summed E-state index contributed by atoms with van der Waals surface area (Å²) in [5.41, 5.74) is 4.92. The first kappa shape index (κ1) is 56.1. The van der Waals surface area contributed by atoms with E-state index in [1.165, 1.54) is 37.6 Å². The van der Waals surface area contributed by atoms with Crippen LogP contribution in [0, 0.1) is 7.43 Å². The minimum atomic E-state index is -8.04. The summed E-state index contributed by atoms with van der Waals surface area (Å²) < 4.78 is 38.8. The van der Waals surface area contributed by atoms with E-state index in [0.717, 1.165) is 75.1 Å². The van der Waals surface area contributed by atoms with Crippen LogP contribution in [0.2, 0.25) is 26.2 Å². The van der Waals surface area contributed by atoms with Crippen LogP contribution in [0.25, 0.3) is 0 Å². The van der Waals surface area contributed by atoms with Crippen LogP contribution in [0.1, 0.15) is 65.2 Å². The molecule has 4 aliphatic rings. The Morgan fingerprint density at radius 1 is 0.547 bits per heavy atom. The Balaban J connectivity index is 0. The van der Waals surface area contributed by atoms with Crippen LogP contribution in [0.15, 0.2) is 108 Å². The van der Waals surface area contributed by atoms with E-state index in [2.05, 4.69) is 124 Å². The van der Waals surface area contributed by atoms with Crippen molar-refractivity contribution in [3.8, 4) is 0 Å². The van der Waals surface area contributed by atoms with Gasteiger partial charge in [0.05, 0.1) is 11.1 Å². The molecule has 0 aliphatic carbocycles. The van der Waals surface area contributed by atoms with Crippen molar-refractivity contribution in [3.05, 3.63) is 128 Å². The van der Waals surface area contributed by atoms with Gasteiger partial charge in [-0.2, -0.15) is 0 Å². The molecule has 4 aliphatic heterocycles. The van der Waals surface area contributed by atoms with Crippen LogP contribution in [-0.2, 0) is 22.9 Å². The van der Waals surface area contributed by atoms with Gasteiger partial charge >= 0.3 is 83.7 Å². The van der Waals surface area contributed by atoms with Crippen molar-refractivity contribution in [2.75, 3.05) is 52.4 Å². The fourth-order valence-electron chi connectivity index (χ4n) is 8.60. The Hall–Kier alpha value is -2.19. The number of aliphatic imine (C=N–C) groups is 2. The summed E-state index contributed by atoms with van der Waals surface area (Å²) in [6.45, 7) is 18.4. The number of aromatic nitrogens is 4. The predicted molar refractivity (Wildman–Crippen MR) is 265 cm³/mol. The van der Waals surface area contributed by atoms with Crippen molar-refractivity contribution in [2.45, 2.75) is 63.0 Å². The Morgan fingerprint density at radius 3 is 1.06 bits per heavy atom. The maximum absolute atomic E-state index is 11.2. The standard InChI is InChI=1S/2C20H27N5Si.CH3.5ClH.2Cr.4FH.4H2/c2*1-26(2,25-16-8-15-24-14-7-13-23-20(24)25)19(17-9-3-5-11-21-17)18-10-4-6-12-22-18;;;;;;;;;;;;;;;;/h2*3-6,9-12,19H,7-8,13-16H2,1-2H3;1H3;5*1H;;;8*1H/q;;-1;;;;;;+2;+6;;;;;;;;/p-8/i;;;;;;;;;;;;;;4*1+2. The summed E-state index contributed by atoms with van der Waals surface area (Å²) in [4.78, 5) is 33.8. The van der Waals surface area contributed by atoms with E-state index in [9.17, 15) is 10.6 Å². The first-order chi connectivity index (χ1) is 29.2. The number of nitrogens with zero attached hydrogens (tertiary/aromatic N) is 10. The van der Waals surface area contributed by atoms with Gasteiger partial charge in [0.2, 0.25) is 0 Å². The number of hydrogen-bond donors (Lipinski definition) is 0. The van der Waals surface area contributed by atoms with Gasteiger partial charge in [-0.3, -0.25) is 34.6 Å². The zero-order valence-corrected chi connectivity index (χ0v) is 44.9. The first-order valence-corrected chi connectivity index (χ1v) is 36.6. The molecule has 8 rings (SSSR count). The molecule has 2 fully saturated rings. The average molecular weight is 1120 g/mol. The molecule has 0 saturated carbocycles. The molecular weight excluding hydrogens is 1050 g/mol. The van der Waals surface area contributed by atoms with E-state index in [1.54, 1.807) is 0 Å². The molecule has 0 spiro atoms. The second-order valence-electron chi connectivity index (χ2n) is 16.2. The predicted octanol–water partition coefficient (Wildman–Crippen LogP) is 12.5. The number of halogens is 9. The molecule has 0 N–H and O–H groups in total. The summed E-state index contributed by atoms with van der Waals surface area (Å²) in [6, 6.07) is 24.9. The molecule has 23 heteroatoms. The van der Waals surface area contributed by atoms with Gasteiger partial charge in [-0.1, -0.05) is 50.5 Å². The fourth-order valence-corrected chi connectivity index (χ4v) is 15.7. The van der Waals surface area contributed by atoms with Crippen LogP contribution in [0.3, 0.4) is 0 Å². The molecule has 0 aromatic carbocycles. The van der Waals surface area contributed by atoms with Gasteiger partial charge in [0.15, 0.2) is 28.4 Å². The third-order valence-electron chi connectivity index (χ3n) is 11.1. The topological polar surface area (TPSA) is 89.2 Å². The van der Waals surface area contributed by atoms with Crippen molar-refractivity contribution < 1.29 is 43.9 Å². The SMILES string of the molecule is C[Si](C)(C(c1ccccn1)c1ccccn1)N1CCCN2CCCN=C21.C[Si](C)(C(c1ccccn1)c1ccccn1)N1CCCN2CCCN=C21.F.[3HH].[3HH].[3HH].[3HH].[CH3-].[Cl][Cr][Cl].[F][Cr]([F])([F])([Cl])([Cl])[Cl]. The second kappa shape index (κ2) is 23.7. The van der Waals surface area contributed by atoms with Crippen LogP contribution >= 0.6 is 50.2 Å². The zero-order chi connectivity index (χ0) is 45.1. The molecule has 2 saturated heterocycles. The summed E-state index contributed by atoms with van der Waals surface area (Å²) in [5, 5.41) is 0. The van der Waals surface area contributed by atoms with Gasteiger partial charge in [0, 0.05) is 106 Å². The Bertz CT molecular complexity index is 1880. The number of pyridine rings is 4. The molecule has 0 amide bonds. The monoisotopic (exact) mass is 1120 g/mol. The molecule has 8 heterocycles. The molecule has 4 aromatic heterocycles. The Kier molecular flexibility index (Phi) is 20.8. The van der Waals surface area contributed by atoms with E-state index < -0.39 is 26.0 Å². The van der Waals surface area contributed by atoms with Gasteiger partial charge in [0.25, 0.3) is 0 Å². The summed E-state index contributed by atoms with van der Waals surface area (Å²) in [7, 11) is 8.85. The summed E-state index contributed by atoms with van der Waals surface area (Å²) in [5.74, 6) is 2.44. The van der Waals surface area contributed by atoms with Crippen molar-refractivity contribution in [2.24, 2.45) is 9.98 Å². The normalized spacial score (nSPS) is 17.3. The van der Waals surface area contributed by atoms with Crippen molar-refractivity contribution in [3.63, 3.8) is 0 Å². The molecule has 0 unspecified atom stereocenters. The third-order valence-corrected chi connectivity index (χ3v) is 18.7. The third kappa shape index (κ3) is 16.5. The van der Waals surface area contributed by atoms with Gasteiger partial charge in [-0.05, 0) is 74.2 Å². The molecule has 364 valence electrons. The van der Waals surface area contributed by atoms with E-state index >= 15 is 0 Å². The van der Waals surface area contributed by atoms with Crippen molar-refractivity contribution >= 4 is 78.6 Å². The zero-order valence-electron chi connectivity index (χ0n) is 36.6. The molecule has 4 aromatic rings. The van der Waals surface area contributed by atoms with E-state index in [0.29, 0.717) is 0 Å². The fraction of sp³-hybridized carbons (Fsp3) is 0.439. The van der Waals surface area contributed by atoms with Gasteiger partial charge in [-0.25, -0.2) is 0 Å². The van der Waals surface area contributed by atoms with Crippen LogP contribution in [0.4, 0.5) is 15.3 Å². The molecule has 10 nitrogen and oxygen atoms in total. The van der Waals surface area contributed by atoms with Gasteiger partial charge < -0.3 is 26.4 Å². The van der Waals surface area contributed by atoms with E-state index in [-0.39, 0.29) is 42.3 Å². The van der Waals surface area contributed by atoms with E-state index in [4.69, 9.17) is 50.0 Å². The average Bonchev–Trinajstić information content (AvgIpc) is 3.24. The van der Waals surface area contributed by atoms with E-state index in [1.807, 2.05) is 49.1 Å². The summed E-state index contributed by atoms with van der Waals surface area (Å²) in [6.07, 6.45) is 12.3. The van der Waals surface area contributed by atoms with Crippen LogP contribution in [0.5, 0.6) is 0 Å². The van der Waals surface area contributed by atoms with Crippen LogP contribution in [-0.4, -0.2) is 120 Å². The minimum absolute atomic E-state index is 0. The van der Waals surface area contributed by atoms with Crippen molar-refractivity contribution in [1.29, 1.82) is 0 Å². The Morgan fingerprint density at radius 2 is 0.812 bits per heavy atom. The molecule has 0 bridgehead atoms. The summed E-state index contributed by atoms with van der Waals surface area (Å²) >= 11 is -0.181. The number of hydrogen-bond acceptors (Lipinski definition) is 10. The number of fused-ring (bicyclic) bond motifs is 2. The second-order valence-corrected chi connectivity index (χ2v) is 40.0. The molecule has 0 atom stereocenters. The van der Waals surface area contributed by atoms with Gasteiger partial charge in [0.1, 0.15) is 0 Å². The molecule has 0 radical (unpaired) electrons. The van der Waals surface area contributed by atoms with Gasteiger partial charge in [-0.15, -0.1) is 0 Å². The maximum atomic E-state index is 11.2. The number of rotatable bonds is 8. The molecule has 64 heavy (non-hydrogen) atoms.